The molecule has 1 fully saturated rings. The molecule has 168 valence electrons. The number of hydrogen-bond donors (Lipinski definition) is 2. The predicted molar refractivity (Wildman–Crippen MR) is 115 cm³/mol. The Morgan fingerprint density at radius 2 is 2.03 bits per heavy atom. The monoisotopic (exact) mass is 439 g/mol. The summed E-state index contributed by atoms with van der Waals surface area (Å²) in [7, 11) is 0. The highest BCUT2D eigenvalue weighted by Crippen LogP contribution is 2.23. The van der Waals surface area contributed by atoms with Gasteiger partial charge in [0, 0.05) is 24.5 Å². The predicted octanol–water partition coefficient (Wildman–Crippen LogP) is 2.14. The van der Waals surface area contributed by atoms with Crippen LogP contribution in [0.1, 0.15) is 24.8 Å². The van der Waals surface area contributed by atoms with Gasteiger partial charge in [-0.3, -0.25) is 14.5 Å². The third-order valence-corrected chi connectivity index (χ3v) is 5.62. The Hall–Kier alpha value is -3.17. The van der Waals surface area contributed by atoms with Gasteiger partial charge in [0.15, 0.2) is 0 Å². The Morgan fingerprint density at radius 3 is 2.81 bits per heavy atom. The molecule has 3 aromatic rings. The number of aryl methyl sites for hydroxylation is 1. The van der Waals surface area contributed by atoms with Gasteiger partial charge < -0.3 is 15.2 Å². The maximum Gasteiger partial charge on any atom is 0.224 e. The number of pyridine rings is 1. The van der Waals surface area contributed by atoms with E-state index < -0.39 is 6.10 Å². The fourth-order valence-corrected chi connectivity index (χ4v) is 3.93. The lowest BCUT2D eigenvalue weighted by Gasteiger charge is -2.36. The van der Waals surface area contributed by atoms with E-state index in [1.807, 2.05) is 0 Å². The van der Waals surface area contributed by atoms with Crippen molar-refractivity contribution in [3.63, 3.8) is 0 Å². The summed E-state index contributed by atoms with van der Waals surface area (Å²) in [6.07, 6.45) is 6.91. The number of aromatic nitrogens is 4. The number of halogens is 1. The topological polar surface area (TPSA) is 102 Å². The Labute approximate surface area is 185 Å². The maximum atomic E-state index is 13.9. The van der Waals surface area contributed by atoms with E-state index in [2.05, 4.69) is 20.6 Å². The SMILES string of the molecule is O=C(Cc1ccncc1)N[C@H]1CC[C@@H](CCn2cc(-c3ccccc3F)nn2)O[C@H]1CO. The van der Waals surface area contributed by atoms with Crippen LogP contribution in [0.3, 0.4) is 0 Å². The van der Waals surface area contributed by atoms with Gasteiger partial charge in [-0.25, -0.2) is 4.39 Å². The molecule has 32 heavy (non-hydrogen) atoms. The highest BCUT2D eigenvalue weighted by Gasteiger charge is 2.31. The first-order chi connectivity index (χ1) is 15.6. The Kier molecular flexibility index (Phi) is 7.18. The number of ether oxygens (including phenoxy) is 1. The molecule has 9 heteroatoms. The number of nitrogens with one attached hydrogen (secondary N) is 1. The summed E-state index contributed by atoms with van der Waals surface area (Å²) >= 11 is 0. The molecular weight excluding hydrogens is 413 g/mol. The van der Waals surface area contributed by atoms with Gasteiger partial charge in [-0.1, -0.05) is 17.3 Å². The number of aliphatic hydroxyl groups excluding tert-OH is 1. The van der Waals surface area contributed by atoms with Crippen LogP contribution in [0.15, 0.2) is 55.0 Å². The molecule has 0 radical (unpaired) electrons. The van der Waals surface area contributed by atoms with Crippen LogP contribution in [0, 0.1) is 5.82 Å². The Morgan fingerprint density at radius 1 is 1.22 bits per heavy atom. The molecule has 1 aromatic carbocycles. The van der Waals surface area contributed by atoms with E-state index in [1.54, 1.807) is 53.6 Å². The van der Waals surface area contributed by atoms with Crippen molar-refractivity contribution < 1.29 is 19.0 Å². The second kappa shape index (κ2) is 10.4. The van der Waals surface area contributed by atoms with E-state index in [9.17, 15) is 14.3 Å². The van der Waals surface area contributed by atoms with E-state index in [1.165, 1.54) is 6.07 Å². The molecule has 0 aliphatic carbocycles. The van der Waals surface area contributed by atoms with Crippen LogP contribution in [0.25, 0.3) is 11.3 Å². The van der Waals surface area contributed by atoms with Crippen molar-refractivity contribution in [2.24, 2.45) is 0 Å². The summed E-state index contributed by atoms with van der Waals surface area (Å²) in [5.41, 5.74) is 1.78. The van der Waals surface area contributed by atoms with Crippen molar-refractivity contribution >= 4 is 5.91 Å². The van der Waals surface area contributed by atoms with Crippen molar-refractivity contribution in [2.75, 3.05) is 6.61 Å². The van der Waals surface area contributed by atoms with Gasteiger partial charge >= 0.3 is 0 Å². The highest BCUT2D eigenvalue weighted by atomic mass is 19.1. The van der Waals surface area contributed by atoms with Gasteiger partial charge in [-0.15, -0.1) is 5.10 Å². The third-order valence-electron chi connectivity index (χ3n) is 5.62. The number of carbonyl (C=O) groups excluding carboxylic acids is 1. The highest BCUT2D eigenvalue weighted by molar-refractivity contribution is 5.78. The molecule has 0 unspecified atom stereocenters. The summed E-state index contributed by atoms with van der Waals surface area (Å²) in [6, 6.07) is 9.83. The van der Waals surface area contributed by atoms with E-state index in [0.29, 0.717) is 24.2 Å². The summed E-state index contributed by atoms with van der Waals surface area (Å²) < 4.78 is 21.6. The molecule has 4 rings (SSSR count). The van der Waals surface area contributed by atoms with Crippen LogP contribution >= 0.6 is 0 Å². The lowest BCUT2D eigenvalue weighted by atomic mass is 9.96. The summed E-state index contributed by atoms with van der Waals surface area (Å²) in [6.45, 7) is 0.390. The van der Waals surface area contributed by atoms with Crippen LogP contribution in [-0.4, -0.2) is 55.8 Å². The number of hydrogen-bond acceptors (Lipinski definition) is 6. The quantitative estimate of drug-likeness (QED) is 0.558. The third kappa shape index (κ3) is 5.54. The first-order valence-electron chi connectivity index (χ1n) is 10.7. The van der Waals surface area contributed by atoms with Crippen molar-refractivity contribution in [3.8, 4) is 11.3 Å². The molecule has 1 aliphatic heterocycles. The number of carbonyl (C=O) groups is 1. The molecule has 2 N–H and O–H groups in total. The van der Waals surface area contributed by atoms with Gasteiger partial charge in [-0.2, -0.15) is 0 Å². The lowest BCUT2D eigenvalue weighted by Crippen LogP contribution is -2.51. The molecule has 1 aliphatic rings. The van der Waals surface area contributed by atoms with Crippen molar-refractivity contribution in [1.82, 2.24) is 25.3 Å². The fraction of sp³-hybridized carbons (Fsp3) is 0.391. The standard InChI is InChI=1S/C23H26FN5O3/c24-19-4-2-1-3-18(19)21-14-29(28-27-21)12-9-17-5-6-20(22(15-30)32-17)26-23(31)13-16-7-10-25-11-8-16/h1-4,7-8,10-11,14,17,20,22,30H,5-6,9,12-13,15H2,(H,26,31)/t17-,20-,22-/m0/s1. The number of aliphatic hydroxyl groups is 1. The molecule has 3 atom stereocenters. The largest absolute Gasteiger partial charge is 0.394 e. The smallest absolute Gasteiger partial charge is 0.224 e. The minimum Gasteiger partial charge on any atom is -0.394 e. The normalized spacial score (nSPS) is 20.8. The van der Waals surface area contributed by atoms with Crippen molar-refractivity contribution in [2.45, 2.75) is 50.5 Å². The van der Waals surface area contributed by atoms with Gasteiger partial charge in [-0.05, 0) is 49.1 Å². The zero-order valence-electron chi connectivity index (χ0n) is 17.6. The van der Waals surface area contributed by atoms with Crippen LogP contribution in [0.5, 0.6) is 0 Å². The van der Waals surface area contributed by atoms with Crippen molar-refractivity contribution in [3.05, 3.63) is 66.4 Å². The average molecular weight is 439 g/mol. The van der Waals surface area contributed by atoms with E-state index >= 15 is 0 Å². The van der Waals surface area contributed by atoms with E-state index in [4.69, 9.17) is 4.74 Å². The molecule has 0 saturated carbocycles. The molecule has 8 nitrogen and oxygen atoms in total. The van der Waals surface area contributed by atoms with Crippen molar-refractivity contribution in [1.29, 1.82) is 0 Å². The maximum absolute atomic E-state index is 13.9. The van der Waals surface area contributed by atoms with Crippen LogP contribution < -0.4 is 5.32 Å². The first kappa shape index (κ1) is 22.0. The fourth-order valence-electron chi connectivity index (χ4n) is 3.93. The summed E-state index contributed by atoms with van der Waals surface area (Å²) in [5.74, 6) is -0.442. The molecule has 0 spiro atoms. The second-order valence-corrected chi connectivity index (χ2v) is 7.90. The average Bonchev–Trinajstić information content (AvgIpc) is 3.28. The summed E-state index contributed by atoms with van der Waals surface area (Å²) in [5, 5.41) is 20.9. The molecule has 1 amide bonds. The van der Waals surface area contributed by atoms with E-state index in [0.717, 1.165) is 18.4 Å². The summed E-state index contributed by atoms with van der Waals surface area (Å²) in [4.78, 5) is 16.3. The molecule has 0 bridgehead atoms. The number of amides is 1. The van der Waals surface area contributed by atoms with Gasteiger partial charge in [0.25, 0.3) is 0 Å². The lowest BCUT2D eigenvalue weighted by molar-refractivity contribution is -0.128. The second-order valence-electron chi connectivity index (χ2n) is 7.90. The molecule has 1 saturated heterocycles. The van der Waals surface area contributed by atoms with Gasteiger partial charge in [0.2, 0.25) is 5.91 Å². The minimum absolute atomic E-state index is 0.0680. The molecule has 3 heterocycles. The van der Waals surface area contributed by atoms with Crippen LogP contribution in [-0.2, 0) is 22.5 Å². The number of rotatable bonds is 8. The minimum atomic E-state index is -0.458. The van der Waals surface area contributed by atoms with Gasteiger partial charge in [0.1, 0.15) is 17.6 Å². The molecule has 2 aromatic heterocycles. The van der Waals surface area contributed by atoms with E-state index in [-0.39, 0.29) is 36.9 Å². The zero-order valence-corrected chi connectivity index (χ0v) is 17.6. The first-order valence-corrected chi connectivity index (χ1v) is 10.7. The van der Waals surface area contributed by atoms with Crippen LogP contribution in [0.4, 0.5) is 4.39 Å². The Bertz CT molecular complexity index is 1030. The Balaban J connectivity index is 1.27. The van der Waals surface area contributed by atoms with Gasteiger partial charge in [0.05, 0.1) is 31.4 Å². The number of nitrogens with zero attached hydrogens (tertiary/aromatic N) is 4. The number of benzene rings is 1. The van der Waals surface area contributed by atoms with Crippen LogP contribution in [0.2, 0.25) is 0 Å². The zero-order chi connectivity index (χ0) is 22.3. The molecular formula is C23H26FN5O3.